The molecule has 0 radical (unpaired) electrons. The fraction of sp³-hybridized carbons (Fsp3) is 0.667. The first-order valence-corrected chi connectivity index (χ1v) is 7.01. The summed E-state index contributed by atoms with van der Waals surface area (Å²) in [5, 5.41) is 5.66. The van der Waals surface area contributed by atoms with Crippen LogP contribution in [-0.2, 0) is 4.74 Å². The monoisotopic (exact) mass is 259 g/mol. The summed E-state index contributed by atoms with van der Waals surface area (Å²) in [7, 11) is 0. The summed E-state index contributed by atoms with van der Waals surface area (Å²) in [5.74, 6) is 0.661. The van der Waals surface area contributed by atoms with E-state index in [-0.39, 0.29) is 6.10 Å². The van der Waals surface area contributed by atoms with E-state index < -0.39 is 0 Å². The quantitative estimate of drug-likeness (QED) is 0.878. The van der Waals surface area contributed by atoms with Gasteiger partial charge in [0.15, 0.2) is 0 Å². The first-order valence-electron chi connectivity index (χ1n) is 5.75. The molecule has 0 aliphatic carbocycles. The molecule has 1 N–H and O–H groups in total. The zero-order valence-electron chi connectivity index (χ0n) is 9.70. The van der Waals surface area contributed by atoms with E-state index in [2.05, 4.69) is 24.5 Å². The Morgan fingerprint density at radius 2 is 2.38 bits per heavy atom. The highest BCUT2D eigenvalue weighted by atomic mass is 35.5. The van der Waals surface area contributed by atoms with Gasteiger partial charge in [0.25, 0.3) is 0 Å². The molecular weight excluding hydrogens is 242 g/mol. The number of hydrogen-bond donors (Lipinski definition) is 1. The summed E-state index contributed by atoms with van der Waals surface area (Å²) in [4.78, 5) is 0. The highest BCUT2D eigenvalue weighted by Gasteiger charge is 2.22. The molecule has 1 saturated heterocycles. The molecule has 2 unspecified atom stereocenters. The van der Waals surface area contributed by atoms with Crippen LogP contribution in [0.3, 0.4) is 0 Å². The molecule has 2 heterocycles. The smallest absolute Gasteiger partial charge is 0.0957 e. The Morgan fingerprint density at radius 3 is 3.00 bits per heavy atom. The minimum absolute atomic E-state index is 0.160. The summed E-state index contributed by atoms with van der Waals surface area (Å²) in [6.45, 7) is 6.21. The van der Waals surface area contributed by atoms with Gasteiger partial charge in [-0.2, -0.15) is 0 Å². The predicted octanol–water partition coefficient (Wildman–Crippen LogP) is 3.48. The molecule has 1 aromatic rings. The Kier molecular flexibility index (Phi) is 4.25. The van der Waals surface area contributed by atoms with Crippen LogP contribution in [-0.4, -0.2) is 19.2 Å². The Labute approximate surface area is 106 Å². The Morgan fingerprint density at radius 1 is 1.56 bits per heavy atom. The predicted molar refractivity (Wildman–Crippen MR) is 69.3 cm³/mol. The van der Waals surface area contributed by atoms with Gasteiger partial charge >= 0.3 is 0 Å². The van der Waals surface area contributed by atoms with Crippen LogP contribution >= 0.6 is 22.9 Å². The number of halogens is 1. The summed E-state index contributed by atoms with van der Waals surface area (Å²) in [6.07, 6.45) is 1.25. The summed E-state index contributed by atoms with van der Waals surface area (Å²) in [5.41, 5.74) is 1.20. The van der Waals surface area contributed by atoms with Crippen LogP contribution in [0, 0.1) is 5.92 Å². The Bertz CT molecular complexity index is 340. The molecule has 2 nitrogen and oxygen atoms in total. The van der Waals surface area contributed by atoms with E-state index in [0.29, 0.717) is 12.0 Å². The SMILES string of the molecule is CC(C)C1CCOC(c2csc(Cl)c2)CN1. The van der Waals surface area contributed by atoms with Crippen LogP contribution in [0.2, 0.25) is 4.34 Å². The lowest BCUT2D eigenvalue weighted by molar-refractivity contribution is 0.0663. The third-order valence-electron chi connectivity index (χ3n) is 3.08. The third-order valence-corrected chi connectivity index (χ3v) is 4.19. The molecule has 4 heteroatoms. The molecule has 0 saturated carbocycles. The van der Waals surface area contributed by atoms with Gasteiger partial charge in [-0.05, 0) is 29.3 Å². The van der Waals surface area contributed by atoms with E-state index in [1.807, 2.05) is 6.07 Å². The highest BCUT2D eigenvalue weighted by molar-refractivity contribution is 7.14. The molecule has 2 atom stereocenters. The zero-order chi connectivity index (χ0) is 11.5. The maximum atomic E-state index is 5.94. The largest absolute Gasteiger partial charge is 0.372 e. The summed E-state index contributed by atoms with van der Waals surface area (Å²) < 4.78 is 6.70. The van der Waals surface area contributed by atoms with Crippen molar-refractivity contribution in [3.8, 4) is 0 Å². The van der Waals surface area contributed by atoms with Crippen molar-refractivity contribution in [2.45, 2.75) is 32.4 Å². The number of thiophene rings is 1. The highest BCUT2D eigenvalue weighted by Crippen LogP contribution is 2.28. The van der Waals surface area contributed by atoms with Crippen molar-refractivity contribution in [1.82, 2.24) is 5.32 Å². The van der Waals surface area contributed by atoms with Gasteiger partial charge < -0.3 is 10.1 Å². The second-order valence-electron chi connectivity index (χ2n) is 4.59. The van der Waals surface area contributed by atoms with Gasteiger partial charge in [0.1, 0.15) is 0 Å². The van der Waals surface area contributed by atoms with E-state index in [0.717, 1.165) is 23.9 Å². The van der Waals surface area contributed by atoms with Crippen LogP contribution in [0.5, 0.6) is 0 Å². The van der Waals surface area contributed by atoms with E-state index in [4.69, 9.17) is 16.3 Å². The van der Waals surface area contributed by atoms with Gasteiger partial charge in [0, 0.05) is 19.2 Å². The second-order valence-corrected chi connectivity index (χ2v) is 6.13. The molecule has 16 heavy (non-hydrogen) atoms. The molecule has 2 rings (SSSR count). The van der Waals surface area contributed by atoms with Crippen molar-refractivity contribution in [2.75, 3.05) is 13.2 Å². The van der Waals surface area contributed by atoms with Crippen molar-refractivity contribution < 1.29 is 4.74 Å². The van der Waals surface area contributed by atoms with Gasteiger partial charge in [-0.25, -0.2) is 0 Å². The third kappa shape index (κ3) is 2.98. The number of ether oxygens (including phenoxy) is 1. The van der Waals surface area contributed by atoms with E-state index in [1.165, 1.54) is 5.56 Å². The standard InChI is InChI=1S/C12H18ClNOS/c1-8(2)10-3-4-15-11(6-14-10)9-5-12(13)16-7-9/h5,7-8,10-11,14H,3-4,6H2,1-2H3. The lowest BCUT2D eigenvalue weighted by atomic mass is 10.0. The Balaban J connectivity index is 1.98. The molecule has 0 bridgehead atoms. The van der Waals surface area contributed by atoms with Crippen LogP contribution in [0.1, 0.15) is 31.9 Å². The van der Waals surface area contributed by atoms with Gasteiger partial charge in [-0.15, -0.1) is 11.3 Å². The van der Waals surface area contributed by atoms with Gasteiger partial charge in [0.05, 0.1) is 10.4 Å². The van der Waals surface area contributed by atoms with Crippen molar-refractivity contribution in [1.29, 1.82) is 0 Å². The maximum absolute atomic E-state index is 5.94. The summed E-state index contributed by atoms with van der Waals surface area (Å²) >= 11 is 7.51. The molecule has 1 aromatic heterocycles. The average molecular weight is 260 g/mol. The Hall–Kier alpha value is -0.0900. The van der Waals surface area contributed by atoms with Gasteiger partial charge in [0.2, 0.25) is 0 Å². The molecule has 0 aromatic carbocycles. The minimum atomic E-state index is 0.160. The van der Waals surface area contributed by atoms with E-state index in [9.17, 15) is 0 Å². The van der Waals surface area contributed by atoms with Crippen molar-refractivity contribution in [2.24, 2.45) is 5.92 Å². The van der Waals surface area contributed by atoms with Crippen LogP contribution in [0.25, 0.3) is 0 Å². The second kappa shape index (κ2) is 5.50. The normalized spacial score (nSPS) is 27.0. The van der Waals surface area contributed by atoms with Crippen LogP contribution in [0.15, 0.2) is 11.4 Å². The first-order chi connectivity index (χ1) is 7.66. The molecule has 1 fully saturated rings. The number of hydrogen-bond acceptors (Lipinski definition) is 3. The van der Waals surface area contributed by atoms with Crippen molar-refractivity contribution in [3.63, 3.8) is 0 Å². The maximum Gasteiger partial charge on any atom is 0.0957 e. The van der Waals surface area contributed by atoms with Crippen LogP contribution in [0.4, 0.5) is 0 Å². The van der Waals surface area contributed by atoms with Crippen molar-refractivity contribution in [3.05, 3.63) is 21.3 Å². The molecular formula is C12H18ClNOS. The van der Waals surface area contributed by atoms with E-state index in [1.54, 1.807) is 11.3 Å². The number of nitrogens with one attached hydrogen (secondary N) is 1. The lowest BCUT2D eigenvalue weighted by Crippen LogP contribution is -2.34. The zero-order valence-corrected chi connectivity index (χ0v) is 11.3. The molecule has 0 amide bonds. The molecule has 1 aliphatic heterocycles. The molecule has 0 spiro atoms. The fourth-order valence-electron chi connectivity index (χ4n) is 2.03. The summed E-state index contributed by atoms with van der Waals surface area (Å²) in [6, 6.07) is 2.58. The van der Waals surface area contributed by atoms with E-state index >= 15 is 0 Å². The van der Waals surface area contributed by atoms with Gasteiger partial charge in [-0.1, -0.05) is 25.4 Å². The molecule has 1 aliphatic rings. The van der Waals surface area contributed by atoms with Crippen LogP contribution < -0.4 is 5.32 Å². The van der Waals surface area contributed by atoms with Crippen molar-refractivity contribution >= 4 is 22.9 Å². The molecule has 90 valence electrons. The van der Waals surface area contributed by atoms with Gasteiger partial charge in [-0.3, -0.25) is 0 Å². The number of rotatable bonds is 2. The topological polar surface area (TPSA) is 21.3 Å². The lowest BCUT2D eigenvalue weighted by Gasteiger charge is -2.19. The minimum Gasteiger partial charge on any atom is -0.372 e. The fourth-order valence-corrected chi connectivity index (χ4v) is 2.96. The first kappa shape index (κ1) is 12.4. The average Bonchev–Trinajstić information content (AvgIpc) is 2.54.